The quantitative estimate of drug-likeness (QED) is 0.589. The van der Waals surface area contributed by atoms with Crippen molar-refractivity contribution in [2.75, 3.05) is 13.7 Å². The summed E-state index contributed by atoms with van der Waals surface area (Å²) in [4.78, 5) is 37.0. The van der Waals surface area contributed by atoms with Crippen LogP contribution in [0.5, 0.6) is 0 Å². The second kappa shape index (κ2) is 4.07. The summed E-state index contributed by atoms with van der Waals surface area (Å²) in [6.07, 6.45) is 0.0571. The summed E-state index contributed by atoms with van der Waals surface area (Å²) in [6, 6.07) is 0. The van der Waals surface area contributed by atoms with Crippen molar-refractivity contribution in [1.82, 2.24) is 0 Å². The van der Waals surface area contributed by atoms with Gasteiger partial charge in [-0.3, -0.25) is 4.79 Å². The number of aliphatic hydroxyl groups is 2. The first-order valence-electron chi connectivity index (χ1n) is 7.74. The van der Waals surface area contributed by atoms with Gasteiger partial charge in [0.25, 0.3) is 5.79 Å². The number of allylic oxidation sites excluding steroid dienone is 1. The topological polar surface area (TPSA) is 119 Å². The van der Waals surface area contributed by atoms with Gasteiger partial charge in [0.15, 0.2) is 5.78 Å². The maximum Gasteiger partial charge on any atom is 0.367 e. The van der Waals surface area contributed by atoms with Gasteiger partial charge >= 0.3 is 11.9 Å². The predicted octanol–water partition coefficient (Wildman–Crippen LogP) is -0.924. The summed E-state index contributed by atoms with van der Waals surface area (Å²) < 4.78 is 15.3. The molecule has 1 spiro atoms. The minimum Gasteiger partial charge on any atom is -0.465 e. The Hall–Kier alpha value is -1.77. The zero-order valence-corrected chi connectivity index (χ0v) is 13.5. The van der Waals surface area contributed by atoms with Crippen molar-refractivity contribution >= 4 is 17.7 Å². The van der Waals surface area contributed by atoms with Crippen molar-refractivity contribution in [3.8, 4) is 0 Å². The van der Waals surface area contributed by atoms with E-state index in [2.05, 4.69) is 0 Å². The van der Waals surface area contributed by atoms with Gasteiger partial charge in [-0.15, -0.1) is 0 Å². The molecule has 8 heteroatoms. The molecule has 0 aromatic rings. The minimum absolute atomic E-state index is 0.0570. The van der Waals surface area contributed by atoms with Gasteiger partial charge in [-0.05, 0) is 25.0 Å². The molecule has 0 amide bonds. The SMILES string of the molecule is COC(=O)C1(O)OC2CC13C(=CC(=O)C3C)C1(C)COC(=O)C21O. The third kappa shape index (κ3) is 1.22. The molecule has 4 rings (SSSR count). The van der Waals surface area contributed by atoms with Gasteiger partial charge in [-0.2, -0.15) is 0 Å². The van der Waals surface area contributed by atoms with E-state index in [1.54, 1.807) is 13.8 Å². The molecule has 0 aromatic carbocycles. The molecule has 2 N–H and O–H groups in total. The molecule has 2 saturated heterocycles. The number of ketones is 1. The third-order valence-corrected chi connectivity index (χ3v) is 6.52. The Bertz CT molecular complexity index is 728. The van der Waals surface area contributed by atoms with Crippen LogP contribution in [0.3, 0.4) is 0 Å². The number of hydrogen-bond acceptors (Lipinski definition) is 8. The van der Waals surface area contributed by atoms with E-state index in [-0.39, 0.29) is 18.8 Å². The van der Waals surface area contributed by atoms with Crippen molar-refractivity contribution in [3.05, 3.63) is 11.6 Å². The highest BCUT2D eigenvalue weighted by molar-refractivity contribution is 6.00. The molecular weight excluding hydrogens is 320 g/mol. The normalized spacial score (nSPS) is 51.8. The fourth-order valence-corrected chi connectivity index (χ4v) is 5.10. The summed E-state index contributed by atoms with van der Waals surface area (Å²) in [6.45, 7) is 3.02. The molecule has 2 bridgehead atoms. The highest BCUT2D eigenvalue weighted by Crippen LogP contribution is 2.71. The average molecular weight is 338 g/mol. The van der Waals surface area contributed by atoms with Gasteiger partial charge in [0.1, 0.15) is 12.7 Å². The van der Waals surface area contributed by atoms with Crippen LogP contribution in [0, 0.1) is 16.7 Å². The maximum absolute atomic E-state index is 12.4. The molecule has 2 aliphatic heterocycles. The lowest BCUT2D eigenvalue weighted by atomic mass is 9.51. The zero-order chi connectivity index (χ0) is 17.7. The maximum atomic E-state index is 12.4. The van der Waals surface area contributed by atoms with Crippen LogP contribution in [0.2, 0.25) is 0 Å². The summed E-state index contributed by atoms with van der Waals surface area (Å²) >= 11 is 0. The van der Waals surface area contributed by atoms with Crippen molar-refractivity contribution < 1.29 is 38.8 Å². The Balaban J connectivity index is 2.03. The fraction of sp³-hybridized carbons (Fsp3) is 0.688. The largest absolute Gasteiger partial charge is 0.465 e. The molecule has 4 aliphatic rings. The van der Waals surface area contributed by atoms with Gasteiger partial charge in [-0.25, -0.2) is 9.59 Å². The lowest BCUT2D eigenvalue weighted by molar-refractivity contribution is -0.253. The van der Waals surface area contributed by atoms with Crippen molar-refractivity contribution in [1.29, 1.82) is 0 Å². The van der Waals surface area contributed by atoms with Crippen LogP contribution in [0.15, 0.2) is 11.6 Å². The summed E-state index contributed by atoms with van der Waals surface area (Å²) in [5.74, 6) is -5.46. The number of cyclic esters (lactones) is 1. The molecule has 24 heavy (non-hydrogen) atoms. The summed E-state index contributed by atoms with van der Waals surface area (Å²) in [7, 11) is 1.10. The lowest BCUT2D eigenvalue weighted by Gasteiger charge is -2.49. The summed E-state index contributed by atoms with van der Waals surface area (Å²) in [5.41, 5.74) is -4.43. The second-order valence-electron chi connectivity index (χ2n) is 7.27. The van der Waals surface area contributed by atoms with Crippen LogP contribution < -0.4 is 0 Å². The van der Waals surface area contributed by atoms with Gasteiger partial charge in [0.05, 0.1) is 17.9 Å². The predicted molar refractivity (Wildman–Crippen MR) is 75.2 cm³/mol. The first-order chi connectivity index (χ1) is 11.1. The molecule has 6 unspecified atom stereocenters. The molecule has 0 aromatic heterocycles. The Kier molecular flexibility index (Phi) is 2.67. The molecule has 2 heterocycles. The Morgan fingerprint density at radius 1 is 1.38 bits per heavy atom. The van der Waals surface area contributed by atoms with Crippen LogP contribution in [0.4, 0.5) is 0 Å². The Labute approximate surface area is 137 Å². The average Bonchev–Trinajstić information content (AvgIpc) is 3.09. The number of ether oxygens (including phenoxy) is 3. The van der Waals surface area contributed by atoms with E-state index in [1.165, 1.54) is 6.08 Å². The van der Waals surface area contributed by atoms with E-state index in [0.717, 1.165) is 7.11 Å². The number of esters is 2. The number of fused-ring (bicyclic) bond motifs is 4. The van der Waals surface area contributed by atoms with E-state index in [0.29, 0.717) is 5.57 Å². The van der Waals surface area contributed by atoms with Gasteiger partial charge in [0, 0.05) is 5.92 Å². The number of carbonyl (C=O) groups is 3. The van der Waals surface area contributed by atoms with Crippen molar-refractivity contribution in [2.45, 2.75) is 37.8 Å². The van der Waals surface area contributed by atoms with E-state index in [1.807, 2.05) is 0 Å². The monoisotopic (exact) mass is 338 g/mol. The molecule has 6 atom stereocenters. The highest BCUT2D eigenvalue weighted by Gasteiger charge is 2.84. The number of carbonyl (C=O) groups excluding carboxylic acids is 3. The third-order valence-electron chi connectivity index (χ3n) is 6.52. The van der Waals surface area contributed by atoms with Gasteiger partial charge in [0.2, 0.25) is 5.60 Å². The van der Waals surface area contributed by atoms with Crippen LogP contribution >= 0.6 is 0 Å². The standard InChI is InChI=1S/C16H18O8/c1-7-8(17)4-9-13(2)6-23-11(18)15(13,20)10-5-14(7,9)16(21,24-10)12(19)22-3/h4,7,10,20-21H,5-6H2,1-3H3. The molecule has 1 saturated carbocycles. The van der Waals surface area contributed by atoms with Crippen LogP contribution in [-0.2, 0) is 28.6 Å². The molecule has 3 fully saturated rings. The van der Waals surface area contributed by atoms with Gasteiger partial charge in [-0.1, -0.05) is 6.92 Å². The molecule has 0 radical (unpaired) electrons. The Morgan fingerprint density at radius 2 is 2.04 bits per heavy atom. The minimum atomic E-state index is -2.45. The van der Waals surface area contributed by atoms with E-state index in [4.69, 9.17) is 14.2 Å². The second-order valence-corrected chi connectivity index (χ2v) is 7.27. The lowest BCUT2D eigenvalue weighted by Crippen LogP contribution is -2.63. The van der Waals surface area contributed by atoms with E-state index < -0.39 is 46.2 Å². The zero-order valence-electron chi connectivity index (χ0n) is 13.5. The molecule has 130 valence electrons. The fourth-order valence-electron chi connectivity index (χ4n) is 5.10. The first-order valence-corrected chi connectivity index (χ1v) is 7.74. The number of hydrogen-bond donors (Lipinski definition) is 2. The molecule has 8 nitrogen and oxygen atoms in total. The van der Waals surface area contributed by atoms with Crippen LogP contribution in [0.1, 0.15) is 20.3 Å². The number of rotatable bonds is 1. The van der Waals surface area contributed by atoms with Crippen LogP contribution in [-0.4, -0.2) is 59.1 Å². The highest BCUT2D eigenvalue weighted by atomic mass is 16.7. The van der Waals surface area contributed by atoms with E-state index in [9.17, 15) is 24.6 Å². The van der Waals surface area contributed by atoms with E-state index >= 15 is 0 Å². The Morgan fingerprint density at radius 3 is 2.67 bits per heavy atom. The first kappa shape index (κ1) is 15.7. The van der Waals surface area contributed by atoms with Crippen molar-refractivity contribution in [2.24, 2.45) is 16.7 Å². The molecule has 2 aliphatic carbocycles. The smallest absolute Gasteiger partial charge is 0.367 e. The summed E-state index contributed by atoms with van der Waals surface area (Å²) in [5, 5.41) is 22.2. The number of methoxy groups -OCH3 is 1. The molecular formula is C16H18O8. The van der Waals surface area contributed by atoms with Crippen LogP contribution in [0.25, 0.3) is 0 Å². The van der Waals surface area contributed by atoms with Crippen molar-refractivity contribution in [3.63, 3.8) is 0 Å². The van der Waals surface area contributed by atoms with Gasteiger partial charge < -0.3 is 24.4 Å².